The van der Waals surface area contributed by atoms with Gasteiger partial charge in [0.15, 0.2) is 6.39 Å². The number of carboxylic acid groups (broad SMARTS) is 2. The molecule has 0 aliphatic carbocycles. The van der Waals surface area contributed by atoms with Crippen LogP contribution in [0.1, 0.15) is 21.0 Å². The van der Waals surface area contributed by atoms with Gasteiger partial charge in [-0.25, -0.2) is 14.6 Å². The number of hydrogen-bond donors (Lipinski definition) is 2. The minimum atomic E-state index is -1.44. The third-order valence-electron chi connectivity index (χ3n) is 0.964. The lowest BCUT2D eigenvalue weighted by Gasteiger charge is -1.86. The Morgan fingerprint density at radius 1 is 1.36 bits per heavy atom. The van der Waals surface area contributed by atoms with Crippen molar-refractivity contribution in [1.82, 2.24) is 4.98 Å². The molecule has 58 valence electrons. The Balaban J connectivity index is 3.16. The standard InChI is InChI=1S/C5H3NO5/c7-4(8)2-3(5(9)10)11-1-6-2/h1H,(H,7,8)(H,9,10). The van der Waals surface area contributed by atoms with Crippen molar-refractivity contribution in [3.63, 3.8) is 0 Å². The second-order valence-electron chi connectivity index (χ2n) is 1.64. The Bertz CT molecular complexity index is 273. The van der Waals surface area contributed by atoms with E-state index in [1.165, 1.54) is 0 Å². The monoisotopic (exact) mass is 157 g/mol. The van der Waals surface area contributed by atoms with Crippen LogP contribution in [0.25, 0.3) is 0 Å². The van der Waals surface area contributed by atoms with Crippen LogP contribution in [0.15, 0.2) is 10.8 Å². The summed E-state index contributed by atoms with van der Waals surface area (Å²) in [6.45, 7) is 0. The van der Waals surface area contributed by atoms with Crippen molar-refractivity contribution in [3.8, 4) is 0 Å². The Kier molecular flexibility index (Phi) is 1.59. The number of carbonyl (C=O) groups is 2. The fourth-order valence-electron chi connectivity index (χ4n) is 0.550. The van der Waals surface area contributed by atoms with E-state index in [1.54, 1.807) is 0 Å². The van der Waals surface area contributed by atoms with Crippen LogP contribution in [0, 0.1) is 0 Å². The van der Waals surface area contributed by atoms with Crippen molar-refractivity contribution in [2.24, 2.45) is 0 Å². The Morgan fingerprint density at radius 3 is 2.36 bits per heavy atom. The predicted molar refractivity (Wildman–Crippen MR) is 30.4 cm³/mol. The molecule has 0 atom stereocenters. The Labute approximate surface area is 60.1 Å². The molecule has 0 bridgehead atoms. The molecule has 0 spiro atoms. The summed E-state index contributed by atoms with van der Waals surface area (Å²) < 4.78 is 4.30. The lowest BCUT2D eigenvalue weighted by atomic mass is 10.3. The number of nitrogens with zero attached hydrogens (tertiary/aromatic N) is 1. The molecule has 0 aliphatic heterocycles. The van der Waals surface area contributed by atoms with Crippen LogP contribution >= 0.6 is 0 Å². The van der Waals surface area contributed by atoms with E-state index in [2.05, 4.69) is 9.40 Å². The normalized spacial score (nSPS) is 9.45. The summed E-state index contributed by atoms with van der Waals surface area (Å²) in [5.74, 6) is -3.52. The average molecular weight is 157 g/mol. The van der Waals surface area contributed by atoms with Crippen LogP contribution in [0.3, 0.4) is 0 Å². The first-order valence-corrected chi connectivity index (χ1v) is 2.53. The summed E-state index contributed by atoms with van der Waals surface area (Å²) >= 11 is 0. The van der Waals surface area contributed by atoms with E-state index in [-0.39, 0.29) is 0 Å². The molecule has 11 heavy (non-hydrogen) atoms. The van der Waals surface area contributed by atoms with Crippen molar-refractivity contribution in [2.75, 3.05) is 0 Å². The van der Waals surface area contributed by atoms with Crippen molar-refractivity contribution in [2.45, 2.75) is 0 Å². The first kappa shape index (κ1) is 7.26. The largest absolute Gasteiger partial charge is 0.476 e. The predicted octanol–water partition coefficient (Wildman–Crippen LogP) is 0.0710. The van der Waals surface area contributed by atoms with Crippen LogP contribution in [0.4, 0.5) is 0 Å². The number of aromatic carboxylic acids is 2. The molecule has 0 saturated carbocycles. The van der Waals surface area contributed by atoms with Crippen LogP contribution in [-0.4, -0.2) is 27.1 Å². The summed E-state index contributed by atoms with van der Waals surface area (Å²) in [5.41, 5.74) is -0.586. The van der Waals surface area contributed by atoms with Gasteiger partial charge in [-0.15, -0.1) is 0 Å². The quantitative estimate of drug-likeness (QED) is 0.629. The van der Waals surface area contributed by atoms with E-state index >= 15 is 0 Å². The SMILES string of the molecule is O=C(O)c1ncoc1C(=O)O. The molecule has 2 N–H and O–H groups in total. The Hall–Kier alpha value is -1.85. The third kappa shape index (κ3) is 1.18. The zero-order valence-electron chi connectivity index (χ0n) is 5.14. The van der Waals surface area contributed by atoms with Crippen molar-refractivity contribution >= 4 is 11.9 Å². The highest BCUT2D eigenvalue weighted by Gasteiger charge is 2.20. The van der Waals surface area contributed by atoms with E-state index in [4.69, 9.17) is 10.2 Å². The van der Waals surface area contributed by atoms with Gasteiger partial charge in [-0.3, -0.25) is 0 Å². The second kappa shape index (κ2) is 2.41. The van der Waals surface area contributed by atoms with E-state index in [0.717, 1.165) is 6.39 Å². The van der Waals surface area contributed by atoms with Gasteiger partial charge in [0.25, 0.3) is 0 Å². The minimum absolute atomic E-state index is 0.586. The number of carboxylic acids is 2. The van der Waals surface area contributed by atoms with Gasteiger partial charge in [-0.1, -0.05) is 0 Å². The number of hydrogen-bond acceptors (Lipinski definition) is 4. The molecular weight excluding hydrogens is 154 g/mol. The maximum Gasteiger partial charge on any atom is 0.374 e. The molecule has 1 aromatic heterocycles. The molecule has 1 rings (SSSR count). The molecule has 0 aromatic carbocycles. The summed E-state index contributed by atoms with van der Waals surface area (Å²) in [6, 6.07) is 0. The molecule has 0 radical (unpaired) electrons. The van der Waals surface area contributed by atoms with Gasteiger partial charge >= 0.3 is 11.9 Å². The van der Waals surface area contributed by atoms with Crippen molar-refractivity contribution in [3.05, 3.63) is 17.8 Å². The first-order chi connectivity index (χ1) is 5.13. The second-order valence-corrected chi connectivity index (χ2v) is 1.64. The van der Waals surface area contributed by atoms with E-state index in [1.807, 2.05) is 0 Å². The van der Waals surface area contributed by atoms with Gasteiger partial charge < -0.3 is 14.6 Å². The van der Waals surface area contributed by atoms with Gasteiger partial charge in [0.2, 0.25) is 11.5 Å². The lowest BCUT2D eigenvalue weighted by molar-refractivity contribution is 0.0624. The van der Waals surface area contributed by atoms with Gasteiger partial charge in [-0.05, 0) is 0 Å². The maximum atomic E-state index is 10.2. The van der Waals surface area contributed by atoms with Crippen molar-refractivity contribution in [1.29, 1.82) is 0 Å². The molecule has 0 amide bonds. The molecule has 0 aliphatic rings. The molecule has 1 heterocycles. The molecule has 1 aromatic rings. The molecule has 0 fully saturated rings. The van der Waals surface area contributed by atoms with Gasteiger partial charge in [-0.2, -0.15) is 0 Å². The topological polar surface area (TPSA) is 101 Å². The van der Waals surface area contributed by atoms with Gasteiger partial charge in [0.1, 0.15) is 0 Å². The fourth-order valence-corrected chi connectivity index (χ4v) is 0.550. The molecule has 0 saturated heterocycles. The van der Waals surface area contributed by atoms with E-state index in [0.29, 0.717) is 0 Å². The highest BCUT2D eigenvalue weighted by atomic mass is 16.4. The maximum absolute atomic E-state index is 10.2. The highest BCUT2D eigenvalue weighted by Crippen LogP contribution is 2.05. The van der Waals surface area contributed by atoms with Crippen LogP contribution in [0.2, 0.25) is 0 Å². The summed E-state index contributed by atoms with van der Waals surface area (Å²) in [4.78, 5) is 23.6. The van der Waals surface area contributed by atoms with Crippen LogP contribution < -0.4 is 0 Å². The fraction of sp³-hybridized carbons (Fsp3) is 0. The van der Waals surface area contributed by atoms with Gasteiger partial charge in [0, 0.05) is 0 Å². The smallest absolute Gasteiger partial charge is 0.374 e. The summed E-state index contributed by atoms with van der Waals surface area (Å²) in [7, 11) is 0. The number of rotatable bonds is 2. The molecule has 0 unspecified atom stereocenters. The van der Waals surface area contributed by atoms with E-state index in [9.17, 15) is 9.59 Å². The summed E-state index contributed by atoms with van der Waals surface area (Å²) in [6.07, 6.45) is 0.771. The number of oxazole rings is 1. The van der Waals surface area contributed by atoms with Gasteiger partial charge in [0.05, 0.1) is 0 Å². The summed E-state index contributed by atoms with van der Waals surface area (Å²) in [5, 5.41) is 16.6. The Morgan fingerprint density at radius 2 is 2.00 bits per heavy atom. The zero-order valence-corrected chi connectivity index (χ0v) is 5.14. The molecular formula is C5H3NO5. The number of aromatic nitrogens is 1. The van der Waals surface area contributed by atoms with Crippen molar-refractivity contribution < 1.29 is 24.2 Å². The first-order valence-electron chi connectivity index (χ1n) is 2.53. The molecule has 6 nitrogen and oxygen atoms in total. The molecule has 6 heteroatoms. The zero-order chi connectivity index (χ0) is 8.43. The lowest BCUT2D eigenvalue weighted by Crippen LogP contribution is -2.05. The van der Waals surface area contributed by atoms with E-state index < -0.39 is 23.4 Å². The minimum Gasteiger partial charge on any atom is -0.476 e. The highest BCUT2D eigenvalue weighted by molar-refractivity contribution is 5.97. The van der Waals surface area contributed by atoms with Crippen LogP contribution in [-0.2, 0) is 0 Å². The van der Waals surface area contributed by atoms with Crippen LogP contribution in [0.5, 0.6) is 0 Å². The average Bonchev–Trinajstić information content (AvgIpc) is 2.32. The third-order valence-corrected chi connectivity index (χ3v) is 0.964.